The quantitative estimate of drug-likeness (QED) is 0.845. The van der Waals surface area contributed by atoms with Gasteiger partial charge >= 0.3 is 5.97 Å². The molecular formula is C21H25NO2. The van der Waals surface area contributed by atoms with Gasteiger partial charge in [0.15, 0.2) is 0 Å². The van der Waals surface area contributed by atoms with Gasteiger partial charge in [0.25, 0.3) is 0 Å². The second-order valence-electron chi connectivity index (χ2n) is 6.40. The summed E-state index contributed by atoms with van der Waals surface area (Å²) in [5, 5.41) is 3.37. The van der Waals surface area contributed by atoms with Crippen LogP contribution in [-0.4, -0.2) is 19.1 Å². The molecule has 1 fully saturated rings. The molecule has 2 aromatic rings. The van der Waals surface area contributed by atoms with Gasteiger partial charge in [-0.1, -0.05) is 67.6 Å². The van der Waals surface area contributed by atoms with E-state index in [0.717, 1.165) is 43.5 Å². The maximum absolute atomic E-state index is 13.0. The molecule has 1 aliphatic rings. The van der Waals surface area contributed by atoms with Crippen LogP contribution in [0.25, 0.3) is 0 Å². The Morgan fingerprint density at radius 2 is 1.62 bits per heavy atom. The molecule has 24 heavy (non-hydrogen) atoms. The Bertz CT molecular complexity index is 648. The summed E-state index contributed by atoms with van der Waals surface area (Å²) in [6.07, 6.45) is 2.37. The van der Waals surface area contributed by atoms with E-state index < -0.39 is 5.60 Å². The molecule has 3 nitrogen and oxygen atoms in total. The van der Waals surface area contributed by atoms with Crippen molar-refractivity contribution in [1.82, 2.24) is 5.32 Å². The molecule has 0 aliphatic carbocycles. The van der Waals surface area contributed by atoms with Crippen LogP contribution in [0.2, 0.25) is 0 Å². The maximum Gasteiger partial charge on any atom is 0.314 e. The molecule has 1 N–H and O–H groups in total. The molecule has 126 valence electrons. The third-order valence-electron chi connectivity index (χ3n) is 4.90. The monoisotopic (exact) mass is 323 g/mol. The fourth-order valence-electron chi connectivity index (χ4n) is 3.51. The number of hydrogen-bond acceptors (Lipinski definition) is 3. The first-order valence-electron chi connectivity index (χ1n) is 8.79. The summed E-state index contributed by atoms with van der Waals surface area (Å²) in [7, 11) is 0. The summed E-state index contributed by atoms with van der Waals surface area (Å²) < 4.78 is 6.19. The Labute approximate surface area is 144 Å². The van der Waals surface area contributed by atoms with Crippen molar-refractivity contribution in [1.29, 1.82) is 0 Å². The largest absolute Gasteiger partial charge is 0.454 e. The molecule has 0 amide bonds. The number of nitrogens with one attached hydrogen (secondary N) is 1. The van der Waals surface area contributed by atoms with Gasteiger partial charge in [-0.25, -0.2) is 0 Å². The lowest BCUT2D eigenvalue weighted by molar-refractivity contribution is -0.166. The molecule has 1 saturated heterocycles. The Balaban J connectivity index is 1.86. The molecule has 1 unspecified atom stereocenters. The SMILES string of the molecule is CCC(C(=O)OC1(c2ccccc2)CCNCC1)c1ccccc1. The second-order valence-corrected chi connectivity index (χ2v) is 6.40. The van der Waals surface area contributed by atoms with E-state index in [4.69, 9.17) is 4.74 Å². The van der Waals surface area contributed by atoms with Gasteiger partial charge in [0.05, 0.1) is 5.92 Å². The van der Waals surface area contributed by atoms with Crippen molar-refractivity contribution in [3.05, 3.63) is 71.8 Å². The van der Waals surface area contributed by atoms with Gasteiger partial charge in [0.1, 0.15) is 5.60 Å². The minimum Gasteiger partial charge on any atom is -0.454 e. The molecule has 1 aliphatic heterocycles. The Morgan fingerprint density at radius 1 is 1.04 bits per heavy atom. The van der Waals surface area contributed by atoms with Crippen LogP contribution in [-0.2, 0) is 15.1 Å². The predicted molar refractivity (Wildman–Crippen MR) is 95.8 cm³/mol. The lowest BCUT2D eigenvalue weighted by Gasteiger charge is -2.38. The molecular weight excluding hydrogens is 298 g/mol. The first-order chi connectivity index (χ1) is 11.7. The Morgan fingerprint density at radius 3 is 2.21 bits per heavy atom. The standard InChI is InChI=1S/C21H25NO2/c1-2-19(17-9-5-3-6-10-17)20(23)24-21(13-15-22-16-14-21)18-11-7-4-8-12-18/h3-12,19,22H,2,13-16H2,1H3. The van der Waals surface area contributed by atoms with Gasteiger partial charge in [-0.05, 0) is 30.6 Å². The zero-order valence-electron chi connectivity index (χ0n) is 14.2. The Kier molecular flexibility index (Phi) is 5.31. The smallest absolute Gasteiger partial charge is 0.314 e. The normalized spacial score (nSPS) is 17.9. The van der Waals surface area contributed by atoms with Crippen LogP contribution in [0.3, 0.4) is 0 Å². The summed E-state index contributed by atoms with van der Waals surface area (Å²) >= 11 is 0. The maximum atomic E-state index is 13.0. The number of carbonyl (C=O) groups is 1. The number of rotatable bonds is 5. The van der Waals surface area contributed by atoms with Crippen LogP contribution in [0.1, 0.15) is 43.2 Å². The van der Waals surface area contributed by atoms with Crippen molar-refractivity contribution in [2.45, 2.75) is 37.7 Å². The fraction of sp³-hybridized carbons (Fsp3) is 0.381. The van der Waals surface area contributed by atoms with Crippen LogP contribution in [0.15, 0.2) is 60.7 Å². The van der Waals surface area contributed by atoms with E-state index in [1.54, 1.807) is 0 Å². The van der Waals surface area contributed by atoms with Crippen molar-refractivity contribution < 1.29 is 9.53 Å². The third kappa shape index (κ3) is 3.51. The van der Waals surface area contributed by atoms with Crippen molar-refractivity contribution in [2.75, 3.05) is 13.1 Å². The van der Waals surface area contributed by atoms with Gasteiger partial charge in [0, 0.05) is 12.8 Å². The molecule has 0 radical (unpaired) electrons. The molecule has 1 atom stereocenters. The average molecular weight is 323 g/mol. The van der Waals surface area contributed by atoms with E-state index in [9.17, 15) is 4.79 Å². The minimum absolute atomic E-state index is 0.116. The van der Waals surface area contributed by atoms with Gasteiger partial charge in [-0.2, -0.15) is 0 Å². The molecule has 3 heteroatoms. The highest BCUT2D eigenvalue weighted by Gasteiger charge is 2.39. The second kappa shape index (κ2) is 7.63. The van der Waals surface area contributed by atoms with Crippen molar-refractivity contribution in [3.63, 3.8) is 0 Å². The predicted octanol–water partition coefficient (Wildman–Crippen LogP) is 4.00. The first-order valence-corrected chi connectivity index (χ1v) is 8.79. The van der Waals surface area contributed by atoms with Gasteiger partial charge in [-0.15, -0.1) is 0 Å². The topological polar surface area (TPSA) is 38.3 Å². The highest BCUT2D eigenvalue weighted by Crippen LogP contribution is 2.37. The zero-order chi connectivity index (χ0) is 16.8. The molecule has 0 saturated carbocycles. The fourth-order valence-corrected chi connectivity index (χ4v) is 3.51. The van der Waals surface area contributed by atoms with Crippen molar-refractivity contribution >= 4 is 5.97 Å². The van der Waals surface area contributed by atoms with E-state index in [-0.39, 0.29) is 11.9 Å². The number of piperidine rings is 1. The van der Waals surface area contributed by atoms with Crippen molar-refractivity contribution in [2.24, 2.45) is 0 Å². The lowest BCUT2D eigenvalue weighted by atomic mass is 9.84. The van der Waals surface area contributed by atoms with E-state index in [1.165, 1.54) is 0 Å². The van der Waals surface area contributed by atoms with Gasteiger partial charge < -0.3 is 10.1 Å². The highest BCUT2D eigenvalue weighted by atomic mass is 16.6. The van der Waals surface area contributed by atoms with Crippen LogP contribution in [0.5, 0.6) is 0 Å². The molecule has 0 spiro atoms. The number of ether oxygens (including phenoxy) is 1. The summed E-state index contributed by atoms with van der Waals surface area (Å²) in [6, 6.07) is 20.1. The van der Waals surface area contributed by atoms with E-state index in [2.05, 4.69) is 17.4 Å². The molecule has 1 heterocycles. The van der Waals surface area contributed by atoms with Gasteiger partial charge in [0.2, 0.25) is 0 Å². The summed E-state index contributed by atoms with van der Waals surface area (Å²) in [5.41, 5.74) is 1.62. The minimum atomic E-state index is -0.508. The summed E-state index contributed by atoms with van der Waals surface area (Å²) in [6.45, 7) is 3.77. The average Bonchev–Trinajstić information content (AvgIpc) is 2.65. The number of carbonyl (C=O) groups excluding carboxylic acids is 1. The van der Waals surface area contributed by atoms with Crippen LogP contribution < -0.4 is 5.32 Å². The summed E-state index contributed by atoms with van der Waals surface area (Å²) in [4.78, 5) is 13.0. The van der Waals surface area contributed by atoms with Gasteiger partial charge in [-0.3, -0.25) is 4.79 Å². The lowest BCUT2D eigenvalue weighted by Crippen LogP contribution is -2.43. The molecule has 0 bridgehead atoms. The Hall–Kier alpha value is -2.13. The van der Waals surface area contributed by atoms with E-state index in [0.29, 0.717) is 0 Å². The van der Waals surface area contributed by atoms with E-state index in [1.807, 2.05) is 55.5 Å². The van der Waals surface area contributed by atoms with Crippen LogP contribution in [0.4, 0.5) is 0 Å². The number of esters is 1. The van der Waals surface area contributed by atoms with E-state index >= 15 is 0 Å². The summed E-state index contributed by atoms with van der Waals surface area (Å²) in [5.74, 6) is -0.323. The third-order valence-corrected chi connectivity index (χ3v) is 4.90. The number of hydrogen-bond donors (Lipinski definition) is 1. The number of benzene rings is 2. The van der Waals surface area contributed by atoms with Crippen LogP contribution in [0, 0.1) is 0 Å². The molecule has 0 aromatic heterocycles. The first kappa shape index (κ1) is 16.7. The molecule has 2 aromatic carbocycles. The zero-order valence-corrected chi connectivity index (χ0v) is 14.2. The highest BCUT2D eigenvalue weighted by molar-refractivity contribution is 5.78. The van der Waals surface area contributed by atoms with Crippen molar-refractivity contribution in [3.8, 4) is 0 Å². The molecule has 3 rings (SSSR count). The van der Waals surface area contributed by atoms with Crippen LogP contribution >= 0.6 is 0 Å².